The van der Waals surface area contributed by atoms with Crippen LogP contribution in [0.15, 0.2) is 0 Å². The summed E-state index contributed by atoms with van der Waals surface area (Å²) in [5, 5.41) is 10.5. The molecule has 0 aliphatic heterocycles. The summed E-state index contributed by atoms with van der Waals surface area (Å²) in [5.41, 5.74) is 0.0794. The smallest absolute Gasteiger partial charge is 0.0683 e. The van der Waals surface area contributed by atoms with Gasteiger partial charge < -0.3 is 5.11 Å². The highest BCUT2D eigenvalue weighted by Crippen LogP contribution is 2.56. The molecule has 0 amide bonds. The second-order valence-electron chi connectivity index (χ2n) is 6.03. The van der Waals surface area contributed by atoms with E-state index in [2.05, 4.69) is 20.8 Å². The summed E-state index contributed by atoms with van der Waals surface area (Å²) in [6.07, 6.45) is 5.85. The van der Waals surface area contributed by atoms with Gasteiger partial charge in [0.2, 0.25) is 0 Å². The van der Waals surface area contributed by atoms with Crippen LogP contribution < -0.4 is 0 Å². The van der Waals surface area contributed by atoms with Crippen molar-refractivity contribution in [1.29, 1.82) is 0 Å². The summed E-state index contributed by atoms with van der Waals surface area (Å²) in [5.74, 6) is 1.30. The summed E-state index contributed by atoms with van der Waals surface area (Å²) < 4.78 is 0. The third kappa shape index (κ3) is 1.41. The van der Waals surface area contributed by atoms with Crippen molar-refractivity contribution >= 4 is 0 Å². The van der Waals surface area contributed by atoms with Crippen LogP contribution in [0.1, 0.15) is 52.9 Å². The molecule has 0 aromatic rings. The summed E-state index contributed by atoms with van der Waals surface area (Å²) in [6, 6.07) is 0. The predicted octanol–water partition coefficient (Wildman–Crippen LogP) is 2.97. The van der Waals surface area contributed by atoms with Crippen molar-refractivity contribution < 1.29 is 5.11 Å². The number of hydrogen-bond donors (Lipinski definition) is 1. The van der Waals surface area contributed by atoms with Crippen molar-refractivity contribution in [2.24, 2.45) is 17.3 Å². The highest BCUT2D eigenvalue weighted by Gasteiger charge is 2.53. The lowest BCUT2D eigenvalue weighted by atomic mass is 9.67. The van der Waals surface area contributed by atoms with Gasteiger partial charge in [-0.1, -0.05) is 27.2 Å². The lowest BCUT2D eigenvalue weighted by Gasteiger charge is -2.42. The van der Waals surface area contributed by atoms with E-state index < -0.39 is 0 Å². The Morgan fingerprint density at radius 1 is 1.15 bits per heavy atom. The van der Waals surface area contributed by atoms with E-state index >= 15 is 0 Å². The first-order valence-electron chi connectivity index (χ1n) is 5.66. The SMILES string of the molecule is CC1CCC2C(C)(C)CCC2(O)C1. The fraction of sp³-hybridized carbons (Fsp3) is 1.00. The molecule has 1 heteroatoms. The van der Waals surface area contributed by atoms with Gasteiger partial charge in [-0.2, -0.15) is 0 Å². The van der Waals surface area contributed by atoms with Gasteiger partial charge in [-0.05, 0) is 42.9 Å². The van der Waals surface area contributed by atoms with E-state index in [1.807, 2.05) is 0 Å². The maximum atomic E-state index is 10.5. The molecule has 1 N–H and O–H groups in total. The van der Waals surface area contributed by atoms with Gasteiger partial charge in [0, 0.05) is 0 Å². The molecule has 2 aliphatic carbocycles. The van der Waals surface area contributed by atoms with Crippen molar-refractivity contribution in [3.8, 4) is 0 Å². The molecule has 0 aromatic carbocycles. The fourth-order valence-corrected chi connectivity index (χ4v) is 3.67. The summed E-state index contributed by atoms with van der Waals surface area (Å²) in [6.45, 7) is 6.93. The summed E-state index contributed by atoms with van der Waals surface area (Å²) in [7, 11) is 0. The van der Waals surface area contributed by atoms with Crippen LogP contribution in [-0.2, 0) is 0 Å². The van der Waals surface area contributed by atoms with Crippen LogP contribution in [0.3, 0.4) is 0 Å². The molecule has 0 bridgehead atoms. The number of aliphatic hydroxyl groups is 1. The average Bonchev–Trinajstić information content (AvgIpc) is 2.22. The minimum Gasteiger partial charge on any atom is -0.390 e. The molecular weight excluding hydrogens is 160 g/mol. The summed E-state index contributed by atoms with van der Waals surface area (Å²) in [4.78, 5) is 0. The Morgan fingerprint density at radius 3 is 2.54 bits per heavy atom. The van der Waals surface area contributed by atoms with Crippen LogP contribution >= 0.6 is 0 Å². The lowest BCUT2D eigenvalue weighted by molar-refractivity contribution is -0.0652. The van der Waals surface area contributed by atoms with E-state index in [-0.39, 0.29) is 5.60 Å². The van der Waals surface area contributed by atoms with E-state index in [1.54, 1.807) is 0 Å². The van der Waals surface area contributed by atoms with Crippen LogP contribution in [0.4, 0.5) is 0 Å². The normalized spacial score (nSPS) is 48.9. The van der Waals surface area contributed by atoms with Gasteiger partial charge in [0.05, 0.1) is 5.60 Å². The Hall–Kier alpha value is -0.0400. The Labute approximate surface area is 81.5 Å². The Bertz CT molecular complexity index is 209. The highest BCUT2D eigenvalue weighted by molar-refractivity contribution is 5.04. The first-order chi connectivity index (χ1) is 5.94. The van der Waals surface area contributed by atoms with Gasteiger partial charge in [0.1, 0.15) is 0 Å². The quantitative estimate of drug-likeness (QED) is 0.610. The number of fused-ring (bicyclic) bond motifs is 1. The molecule has 2 saturated carbocycles. The molecule has 2 aliphatic rings. The maximum Gasteiger partial charge on any atom is 0.0683 e. The van der Waals surface area contributed by atoms with Crippen molar-refractivity contribution in [1.82, 2.24) is 0 Å². The van der Waals surface area contributed by atoms with E-state index in [0.29, 0.717) is 11.3 Å². The standard InChI is InChI=1S/C12H22O/c1-9-4-5-10-11(2,3)6-7-12(10,13)8-9/h9-10,13H,4-8H2,1-3H3. The monoisotopic (exact) mass is 182 g/mol. The lowest BCUT2D eigenvalue weighted by Crippen LogP contribution is -2.42. The minimum atomic E-state index is -0.304. The second kappa shape index (κ2) is 2.73. The summed E-state index contributed by atoms with van der Waals surface area (Å²) >= 11 is 0. The number of rotatable bonds is 0. The molecule has 1 nitrogen and oxygen atoms in total. The van der Waals surface area contributed by atoms with Crippen LogP contribution in [-0.4, -0.2) is 10.7 Å². The van der Waals surface area contributed by atoms with Gasteiger partial charge >= 0.3 is 0 Å². The molecule has 0 spiro atoms. The van der Waals surface area contributed by atoms with Crippen molar-refractivity contribution in [3.05, 3.63) is 0 Å². The van der Waals surface area contributed by atoms with Crippen LogP contribution in [0.25, 0.3) is 0 Å². The molecule has 0 aromatic heterocycles. The van der Waals surface area contributed by atoms with Gasteiger partial charge in [-0.15, -0.1) is 0 Å². The van der Waals surface area contributed by atoms with Crippen LogP contribution in [0.2, 0.25) is 0 Å². The molecule has 13 heavy (non-hydrogen) atoms. The van der Waals surface area contributed by atoms with Crippen molar-refractivity contribution in [2.45, 2.75) is 58.5 Å². The fourth-order valence-electron chi connectivity index (χ4n) is 3.67. The zero-order valence-electron chi connectivity index (χ0n) is 9.14. The molecule has 3 unspecified atom stereocenters. The topological polar surface area (TPSA) is 20.2 Å². The minimum absolute atomic E-state index is 0.304. The second-order valence-corrected chi connectivity index (χ2v) is 6.03. The van der Waals surface area contributed by atoms with Gasteiger partial charge in [0.25, 0.3) is 0 Å². The predicted molar refractivity (Wildman–Crippen MR) is 54.5 cm³/mol. The zero-order valence-corrected chi connectivity index (χ0v) is 9.14. The van der Waals surface area contributed by atoms with E-state index in [4.69, 9.17) is 0 Å². The van der Waals surface area contributed by atoms with E-state index in [9.17, 15) is 5.11 Å². The molecule has 3 atom stereocenters. The number of hydrogen-bond acceptors (Lipinski definition) is 1. The van der Waals surface area contributed by atoms with E-state index in [1.165, 1.54) is 19.3 Å². The zero-order chi connectivity index (χ0) is 9.69. The van der Waals surface area contributed by atoms with Crippen molar-refractivity contribution in [2.75, 3.05) is 0 Å². The highest BCUT2D eigenvalue weighted by atomic mass is 16.3. The largest absolute Gasteiger partial charge is 0.390 e. The molecule has 2 rings (SSSR count). The van der Waals surface area contributed by atoms with Crippen LogP contribution in [0.5, 0.6) is 0 Å². The van der Waals surface area contributed by atoms with E-state index in [0.717, 1.165) is 18.8 Å². The third-order valence-corrected chi connectivity index (χ3v) is 4.44. The van der Waals surface area contributed by atoms with Crippen molar-refractivity contribution in [3.63, 3.8) is 0 Å². The van der Waals surface area contributed by atoms with Gasteiger partial charge in [-0.25, -0.2) is 0 Å². The van der Waals surface area contributed by atoms with Crippen LogP contribution in [0, 0.1) is 17.3 Å². The molecular formula is C12H22O. The molecule has 0 saturated heterocycles. The average molecular weight is 182 g/mol. The van der Waals surface area contributed by atoms with Gasteiger partial charge in [-0.3, -0.25) is 0 Å². The Balaban J connectivity index is 2.21. The molecule has 0 heterocycles. The molecule has 76 valence electrons. The molecule has 2 fully saturated rings. The molecule has 0 radical (unpaired) electrons. The first kappa shape index (κ1) is 9.51. The Kier molecular flexibility index (Phi) is 1.99. The first-order valence-corrected chi connectivity index (χ1v) is 5.66. The van der Waals surface area contributed by atoms with Gasteiger partial charge in [0.15, 0.2) is 0 Å². The third-order valence-electron chi connectivity index (χ3n) is 4.44. The maximum absolute atomic E-state index is 10.5. The Morgan fingerprint density at radius 2 is 1.85 bits per heavy atom.